The van der Waals surface area contributed by atoms with Gasteiger partial charge in [0, 0.05) is 24.3 Å². The third kappa shape index (κ3) is 5.85. The zero-order valence-corrected chi connectivity index (χ0v) is 21.3. The number of carbonyl (C=O) groups is 3. The summed E-state index contributed by atoms with van der Waals surface area (Å²) in [6.45, 7) is 1.69. The minimum atomic E-state index is -0.951. The molecule has 2 heterocycles. The van der Waals surface area contributed by atoms with Crippen LogP contribution in [0.5, 0.6) is 5.75 Å². The Labute approximate surface area is 225 Å². The van der Waals surface area contributed by atoms with Crippen LogP contribution in [-0.2, 0) is 20.8 Å². The van der Waals surface area contributed by atoms with E-state index in [2.05, 4.69) is 5.32 Å². The summed E-state index contributed by atoms with van der Waals surface area (Å²) in [5.41, 5.74) is 2.15. The topological polar surface area (TPSA) is 97.4 Å². The number of benzene rings is 3. The molecule has 2 atom stereocenters. The van der Waals surface area contributed by atoms with Crippen LogP contribution in [0, 0.1) is 5.82 Å². The molecule has 2 aliphatic heterocycles. The zero-order valence-electron chi connectivity index (χ0n) is 21.3. The number of nitrogens with zero attached hydrogens (tertiary/aromatic N) is 2. The van der Waals surface area contributed by atoms with Crippen molar-refractivity contribution in [2.24, 2.45) is 0 Å². The summed E-state index contributed by atoms with van der Waals surface area (Å²) in [7, 11) is 1.55. The summed E-state index contributed by atoms with van der Waals surface area (Å²) in [6.07, 6.45) is -1.56. The van der Waals surface area contributed by atoms with Gasteiger partial charge in [-0.3, -0.25) is 14.5 Å². The molecule has 0 aliphatic carbocycles. The van der Waals surface area contributed by atoms with E-state index in [9.17, 15) is 18.8 Å². The second-order valence-electron chi connectivity index (χ2n) is 9.25. The van der Waals surface area contributed by atoms with E-state index < -0.39 is 24.1 Å². The molecule has 2 aliphatic rings. The highest BCUT2D eigenvalue weighted by Crippen LogP contribution is 2.36. The third-order valence-corrected chi connectivity index (χ3v) is 6.75. The predicted molar refractivity (Wildman–Crippen MR) is 140 cm³/mol. The summed E-state index contributed by atoms with van der Waals surface area (Å²) in [4.78, 5) is 42.7. The molecule has 0 radical (unpaired) electrons. The lowest BCUT2D eigenvalue weighted by atomic mass is 9.99. The number of carbonyl (C=O) groups excluding carboxylic acids is 3. The Morgan fingerprint density at radius 3 is 2.44 bits per heavy atom. The van der Waals surface area contributed by atoms with Crippen LogP contribution in [0.2, 0.25) is 0 Å². The van der Waals surface area contributed by atoms with Gasteiger partial charge in [-0.05, 0) is 59.7 Å². The first-order valence-corrected chi connectivity index (χ1v) is 12.6. The Morgan fingerprint density at radius 2 is 1.74 bits per heavy atom. The number of hydrogen-bond donors (Lipinski definition) is 1. The van der Waals surface area contributed by atoms with Gasteiger partial charge >= 0.3 is 6.09 Å². The Morgan fingerprint density at radius 1 is 1.03 bits per heavy atom. The molecule has 5 rings (SSSR count). The van der Waals surface area contributed by atoms with Crippen molar-refractivity contribution in [2.75, 3.05) is 38.7 Å². The number of rotatable bonds is 7. The van der Waals surface area contributed by atoms with E-state index in [1.54, 1.807) is 72.7 Å². The van der Waals surface area contributed by atoms with Crippen LogP contribution in [0.15, 0.2) is 72.8 Å². The number of methoxy groups -OCH3 is 1. The molecule has 2 saturated heterocycles. The highest BCUT2D eigenvalue weighted by molar-refractivity contribution is 6.04. The second-order valence-corrected chi connectivity index (χ2v) is 9.25. The fourth-order valence-corrected chi connectivity index (χ4v) is 4.69. The SMILES string of the molecule is COc1ccc(C(=O)Nc2cccc(C3OC(=O)N(Cc4ccc(F)cc4)C3C(=O)N3CCOCC3)c2)cc1. The quantitative estimate of drug-likeness (QED) is 0.493. The average Bonchev–Trinajstić information content (AvgIpc) is 3.30. The van der Waals surface area contributed by atoms with Crippen molar-refractivity contribution in [2.45, 2.75) is 18.7 Å². The lowest BCUT2D eigenvalue weighted by Crippen LogP contribution is -2.51. The highest BCUT2D eigenvalue weighted by Gasteiger charge is 2.48. The fraction of sp³-hybridized carbons (Fsp3) is 0.276. The number of halogens is 1. The summed E-state index contributed by atoms with van der Waals surface area (Å²) in [5, 5.41) is 2.85. The van der Waals surface area contributed by atoms with E-state index in [1.165, 1.54) is 17.0 Å². The van der Waals surface area contributed by atoms with Gasteiger partial charge in [0.1, 0.15) is 11.6 Å². The minimum absolute atomic E-state index is 0.0737. The molecule has 0 spiro atoms. The van der Waals surface area contributed by atoms with E-state index in [0.717, 1.165) is 0 Å². The van der Waals surface area contributed by atoms with Gasteiger partial charge in [-0.1, -0.05) is 24.3 Å². The van der Waals surface area contributed by atoms with Crippen LogP contribution >= 0.6 is 0 Å². The van der Waals surface area contributed by atoms with Gasteiger partial charge in [0.15, 0.2) is 12.1 Å². The summed E-state index contributed by atoms with van der Waals surface area (Å²) in [6, 6.07) is 18.4. The Balaban J connectivity index is 1.41. The number of morpholine rings is 1. The van der Waals surface area contributed by atoms with Gasteiger partial charge in [0.2, 0.25) is 5.91 Å². The van der Waals surface area contributed by atoms with Crippen molar-refractivity contribution >= 4 is 23.6 Å². The van der Waals surface area contributed by atoms with Crippen molar-refractivity contribution in [1.29, 1.82) is 0 Å². The zero-order chi connectivity index (χ0) is 27.4. The molecule has 202 valence electrons. The highest BCUT2D eigenvalue weighted by atomic mass is 19.1. The molecular weight excluding hydrogens is 505 g/mol. The van der Waals surface area contributed by atoms with E-state index in [1.807, 2.05) is 0 Å². The van der Waals surface area contributed by atoms with Crippen molar-refractivity contribution in [1.82, 2.24) is 9.80 Å². The Bertz CT molecular complexity index is 1340. The number of anilines is 1. The monoisotopic (exact) mass is 533 g/mol. The van der Waals surface area contributed by atoms with Crippen LogP contribution in [0.25, 0.3) is 0 Å². The first-order chi connectivity index (χ1) is 18.9. The van der Waals surface area contributed by atoms with Gasteiger partial charge in [-0.25, -0.2) is 9.18 Å². The van der Waals surface area contributed by atoms with Crippen LogP contribution in [0.1, 0.15) is 27.6 Å². The smallest absolute Gasteiger partial charge is 0.411 e. The summed E-state index contributed by atoms with van der Waals surface area (Å²) in [5.74, 6) is -0.339. The van der Waals surface area contributed by atoms with Gasteiger partial charge in [-0.15, -0.1) is 0 Å². The van der Waals surface area contributed by atoms with Crippen LogP contribution in [0.4, 0.5) is 14.9 Å². The maximum atomic E-state index is 13.7. The molecule has 1 N–H and O–H groups in total. The minimum Gasteiger partial charge on any atom is -0.497 e. The molecule has 3 amide bonds. The number of hydrogen-bond acceptors (Lipinski definition) is 6. The first-order valence-electron chi connectivity index (χ1n) is 12.6. The fourth-order valence-electron chi connectivity index (χ4n) is 4.69. The normalized spacial score (nSPS) is 19.0. The number of amides is 3. The summed E-state index contributed by atoms with van der Waals surface area (Å²) < 4.78 is 29.8. The molecule has 0 aromatic heterocycles. The van der Waals surface area contributed by atoms with Gasteiger partial charge in [-0.2, -0.15) is 0 Å². The molecular formula is C29H28FN3O6. The second kappa shape index (κ2) is 11.5. The molecule has 9 nitrogen and oxygen atoms in total. The van der Waals surface area contributed by atoms with Gasteiger partial charge in [0.25, 0.3) is 5.91 Å². The largest absolute Gasteiger partial charge is 0.497 e. The number of nitrogens with one attached hydrogen (secondary N) is 1. The molecule has 10 heteroatoms. The number of cyclic esters (lactones) is 1. The van der Waals surface area contributed by atoms with Gasteiger partial charge < -0.3 is 24.4 Å². The molecule has 0 bridgehead atoms. The van der Waals surface area contributed by atoms with Gasteiger partial charge in [0.05, 0.1) is 26.9 Å². The van der Waals surface area contributed by atoms with Crippen molar-refractivity contribution in [3.8, 4) is 5.75 Å². The molecule has 2 fully saturated rings. The molecule has 3 aromatic rings. The standard InChI is InChI=1S/C29H28FN3O6/c1-37-24-11-7-20(8-12-24)27(34)31-23-4-2-3-21(17-23)26-25(28(35)32-13-15-38-16-14-32)33(29(36)39-26)18-19-5-9-22(30)10-6-19/h2-12,17,25-26H,13-16,18H2,1H3,(H,31,34). The van der Waals surface area contributed by atoms with Crippen molar-refractivity contribution in [3.63, 3.8) is 0 Å². The lowest BCUT2D eigenvalue weighted by Gasteiger charge is -2.33. The maximum absolute atomic E-state index is 13.7. The Hall–Kier alpha value is -4.44. The van der Waals surface area contributed by atoms with Crippen LogP contribution in [-0.4, -0.2) is 67.2 Å². The molecule has 2 unspecified atom stereocenters. The van der Waals surface area contributed by atoms with Crippen molar-refractivity contribution < 1.29 is 33.0 Å². The van der Waals surface area contributed by atoms with E-state index in [0.29, 0.717) is 54.4 Å². The first kappa shape index (κ1) is 26.2. The number of ether oxygens (including phenoxy) is 3. The Kier molecular flexibility index (Phi) is 7.74. The molecule has 3 aromatic carbocycles. The molecule has 39 heavy (non-hydrogen) atoms. The van der Waals surface area contributed by atoms with Crippen LogP contribution in [0.3, 0.4) is 0 Å². The third-order valence-electron chi connectivity index (χ3n) is 6.75. The molecule has 0 saturated carbocycles. The summed E-state index contributed by atoms with van der Waals surface area (Å²) >= 11 is 0. The van der Waals surface area contributed by atoms with E-state index >= 15 is 0 Å². The van der Waals surface area contributed by atoms with Crippen LogP contribution < -0.4 is 10.1 Å². The van der Waals surface area contributed by atoms with Crippen molar-refractivity contribution in [3.05, 3.63) is 95.3 Å². The van der Waals surface area contributed by atoms with E-state index in [4.69, 9.17) is 14.2 Å². The predicted octanol–water partition coefficient (Wildman–Crippen LogP) is 4.01. The average molecular weight is 534 g/mol. The lowest BCUT2D eigenvalue weighted by molar-refractivity contribution is -0.141. The maximum Gasteiger partial charge on any atom is 0.411 e. The van der Waals surface area contributed by atoms with E-state index in [-0.39, 0.29) is 18.4 Å².